The average Bonchev–Trinajstić information content (AvgIpc) is 2.31. The molecule has 2 nitrogen and oxygen atoms in total. The molecule has 15 heavy (non-hydrogen) atoms. The molecule has 1 aromatic carbocycles. The van der Waals surface area contributed by atoms with Crippen LogP contribution in [0.15, 0.2) is 35.4 Å². The predicted octanol–water partition coefficient (Wildman–Crippen LogP) is 2.90. The molecule has 0 aliphatic carbocycles. The van der Waals surface area contributed by atoms with Crippen LogP contribution in [-0.4, -0.2) is 23.8 Å². The summed E-state index contributed by atoms with van der Waals surface area (Å²) in [6.07, 6.45) is 3.92. The lowest BCUT2D eigenvalue weighted by molar-refractivity contribution is 0.239. The zero-order valence-electron chi connectivity index (χ0n) is 9.32. The predicted molar refractivity (Wildman–Crippen MR) is 64.1 cm³/mol. The molecule has 0 bridgehead atoms. The van der Waals surface area contributed by atoms with Crippen LogP contribution < -0.4 is 0 Å². The maximum atomic E-state index is 4.66. The van der Waals surface area contributed by atoms with Crippen molar-refractivity contribution in [1.29, 1.82) is 0 Å². The summed E-state index contributed by atoms with van der Waals surface area (Å²) >= 11 is 0. The molecule has 80 valence electrons. The largest absolute Gasteiger partial charge is 0.297 e. The normalized spacial score (nSPS) is 17.9. The van der Waals surface area contributed by atoms with Crippen molar-refractivity contribution < 1.29 is 0 Å². The standard InChI is InChI=1S/C13H18N2/c1-12(13-8-4-2-5-9-13)14-15-10-6-3-7-11-15/h2,4-5,8-9H,3,6-7,10-11H2,1H3/b14-12+. The summed E-state index contributed by atoms with van der Waals surface area (Å²) in [4.78, 5) is 0. The Labute approximate surface area is 91.6 Å². The first-order valence-electron chi connectivity index (χ1n) is 5.72. The Morgan fingerprint density at radius 2 is 1.73 bits per heavy atom. The summed E-state index contributed by atoms with van der Waals surface area (Å²) in [6, 6.07) is 10.4. The third kappa shape index (κ3) is 2.82. The minimum Gasteiger partial charge on any atom is -0.297 e. The first kappa shape index (κ1) is 10.2. The van der Waals surface area contributed by atoms with Crippen molar-refractivity contribution in [1.82, 2.24) is 5.01 Å². The number of rotatable bonds is 2. The van der Waals surface area contributed by atoms with Crippen molar-refractivity contribution >= 4 is 5.71 Å². The van der Waals surface area contributed by atoms with E-state index in [1.165, 1.54) is 24.8 Å². The minimum absolute atomic E-state index is 1.12. The molecule has 0 amide bonds. The van der Waals surface area contributed by atoms with Gasteiger partial charge >= 0.3 is 0 Å². The van der Waals surface area contributed by atoms with E-state index in [0.717, 1.165) is 18.8 Å². The van der Waals surface area contributed by atoms with Crippen LogP contribution in [0.1, 0.15) is 31.7 Å². The Balaban J connectivity index is 2.06. The third-order valence-electron chi connectivity index (χ3n) is 2.82. The first-order chi connectivity index (χ1) is 7.36. The Bertz CT molecular complexity index is 324. The van der Waals surface area contributed by atoms with Gasteiger partial charge in [-0.1, -0.05) is 30.3 Å². The van der Waals surface area contributed by atoms with Gasteiger partial charge in [-0.2, -0.15) is 5.10 Å². The molecule has 0 aromatic heterocycles. The lowest BCUT2D eigenvalue weighted by atomic mass is 10.1. The molecule has 1 aliphatic rings. The van der Waals surface area contributed by atoms with Gasteiger partial charge in [0, 0.05) is 13.1 Å². The van der Waals surface area contributed by atoms with Gasteiger partial charge in [-0.05, 0) is 31.7 Å². The molecule has 0 atom stereocenters. The highest BCUT2D eigenvalue weighted by atomic mass is 15.4. The molecule has 1 aromatic rings. The van der Waals surface area contributed by atoms with Gasteiger partial charge in [-0.15, -0.1) is 0 Å². The number of benzene rings is 1. The summed E-state index contributed by atoms with van der Waals surface area (Å²) in [5.74, 6) is 0. The van der Waals surface area contributed by atoms with Crippen molar-refractivity contribution in [2.24, 2.45) is 5.10 Å². The second-order valence-corrected chi connectivity index (χ2v) is 4.07. The number of hydrazone groups is 1. The maximum absolute atomic E-state index is 4.66. The summed E-state index contributed by atoms with van der Waals surface area (Å²) in [5, 5.41) is 6.86. The maximum Gasteiger partial charge on any atom is 0.0646 e. The molecule has 1 aliphatic heterocycles. The van der Waals surface area contributed by atoms with Gasteiger partial charge in [0.25, 0.3) is 0 Å². The molecular weight excluding hydrogens is 184 g/mol. The zero-order chi connectivity index (χ0) is 10.5. The fourth-order valence-electron chi connectivity index (χ4n) is 1.93. The van der Waals surface area contributed by atoms with E-state index in [2.05, 4.69) is 41.3 Å². The molecule has 0 unspecified atom stereocenters. The number of piperidine rings is 1. The molecule has 1 heterocycles. The fourth-order valence-corrected chi connectivity index (χ4v) is 1.93. The molecule has 2 rings (SSSR count). The van der Waals surface area contributed by atoms with Crippen LogP contribution in [0.2, 0.25) is 0 Å². The van der Waals surface area contributed by atoms with Crippen LogP contribution in [0, 0.1) is 0 Å². The van der Waals surface area contributed by atoms with Crippen molar-refractivity contribution in [2.45, 2.75) is 26.2 Å². The van der Waals surface area contributed by atoms with E-state index >= 15 is 0 Å². The van der Waals surface area contributed by atoms with Gasteiger partial charge in [0.2, 0.25) is 0 Å². The van der Waals surface area contributed by atoms with Gasteiger partial charge in [0.05, 0.1) is 5.71 Å². The second-order valence-electron chi connectivity index (χ2n) is 4.07. The summed E-state index contributed by atoms with van der Waals surface area (Å²) in [5.41, 5.74) is 2.35. The second kappa shape index (κ2) is 4.96. The van der Waals surface area contributed by atoms with E-state index in [1.54, 1.807) is 0 Å². The Morgan fingerprint density at radius 1 is 1.07 bits per heavy atom. The van der Waals surface area contributed by atoms with E-state index in [0.29, 0.717) is 0 Å². The Hall–Kier alpha value is -1.31. The van der Waals surface area contributed by atoms with Crippen molar-refractivity contribution in [3.8, 4) is 0 Å². The summed E-state index contributed by atoms with van der Waals surface area (Å²) in [6.45, 7) is 4.32. The molecule has 0 spiro atoms. The van der Waals surface area contributed by atoms with Crippen LogP contribution in [0.25, 0.3) is 0 Å². The van der Waals surface area contributed by atoms with Crippen LogP contribution in [0.3, 0.4) is 0 Å². The zero-order valence-corrected chi connectivity index (χ0v) is 9.32. The number of hydrogen-bond acceptors (Lipinski definition) is 2. The van der Waals surface area contributed by atoms with Crippen molar-refractivity contribution in [3.63, 3.8) is 0 Å². The molecular formula is C13H18N2. The average molecular weight is 202 g/mol. The quantitative estimate of drug-likeness (QED) is 0.673. The van der Waals surface area contributed by atoms with Crippen LogP contribution in [0.4, 0.5) is 0 Å². The highest BCUT2D eigenvalue weighted by molar-refractivity contribution is 5.98. The number of hydrogen-bond donors (Lipinski definition) is 0. The molecule has 0 radical (unpaired) electrons. The highest BCUT2D eigenvalue weighted by Crippen LogP contribution is 2.10. The molecule has 1 fully saturated rings. The lowest BCUT2D eigenvalue weighted by Gasteiger charge is -2.24. The van der Waals surface area contributed by atoms with Gasteiger partial charge in [0.15, 0.2) is 0 Å². The third-order valence-corrected chi connectivity index (χ3v) is 2.82. The van der Waals surface area contributed by atoms with E-state index in [-0.39, 0.29) is 0 Å². The first-order valence-corrected chi connectivity index (χ1v) is 5.72. The van der Waals surface area contributed by atoms with Gasteiger partial charge < -0.3 is 0 Å². The fraction of sp³-hybridized carbons (Fsp3) is 0.462. The Kier molecular flexibility index (Phi) is 3.38. The SMILES string of the molecule is C/C(=N\N1CCCCC1)c1ccccc1. The van der Waals surface area contributed by atoms with Crippen LogP contribution in [-0.2, 0) is 0 Å². The monoisotopic (exact) mass is 202 g/mol. The topological polar surface area (TPSA) is 15.6 Å². The molecule has 1 saturated heterocycles. The minimum atomic E-state index is 1.12. The molecule has 2 heteroatoms. The van der Waals surface area contributed by atoms with E-state index in [1.807, 2.05) is 6.07 Å². The Morgan fingerprint density at radius 3 is 2.40 bits per heavy atom. The highest BCUT2D eigenvalue weighted by Gasteiger charge is 2.07. The van der Waals surface area contributed by atoms with Crippen LogP contribution >= 0.6 is 0 Å². The van der Waals surface area contributed by atoms with Gasteiger partial charge in [0.1, 0.15) is 0 Å². The van der Waals surface area contributed by atoms with Crippen molar-refractivity contribution in [3.05, 3.63) is 35.9 Å². The van der Waals surface area contributed by atoms with E-state index in [9.17, 15) is 0 Å². The number of nitrogens with zero attached hydrogens (tertiary/aromatic N) is 2. The van der Waals surface area contributed by atoms with Gasteiger partial charge in [-0.25, -0.2) is 0 Å². The van der Waals surface area contributed by atoms with E-state index in [4.69, 9.17) is 0 Å². The lowest BCUT2D eigenvalue weighted by Crippen LogP contribution is -2.25. The summed E-state index contributed by atoms with van der Waals surface area (Å²) in [7, 11) is 0. The molecule has 0 saturated carbocycles. The molecule has 0 N–H and O–H groups in total. The van der Waals surface area contributed by atoms with Gasteiger partial charge in [-0.3, -0.25) is 5.01 Å². The van der Waals surface area contributed by atoms with E-state index < -0.39 is 0 Å². The smallest absolute Gasteiger partial charge is 0.0646 e. The van der Waals surface area contributed by atoms with Crippen molar-refractivity contribution in [2.75, 3.05) is 13.1 Å². The van der Waals surface area contributed by atoms with Crippen LogP contribution in [0.5, 0.6) is 0 Å². The summed E-state index contributed by atoms with van der Waals surface area (Å²) < 4.78 is 0.